The van der Waals surface area contributed by atoms with E-state index in [0.717, 1.165) is 5.56 Å². The number of nitrogens with two attached hydrogens (primary N) is 1. The number of aromatic nitrogens is 1. The number of hydrogen-bond donors (Lipinski definition) is 2. The topological polar surface area (TPSA) is 90.4 Å². The molecule has 0 aliphatic carbocycles. The van der Waals surface area contributed by atoms with Crippen LogP contribution in [0.15, 0.2) is 41.0 Å². The standard InChI is InChI=1S/C16H19N3O3.ClH/c17-16(6-8-21-9-7-16)15(20)18-10-13-11-22-14(19-13)12-4-2-1-3-5-12;/h1-5,11H,6-10,17H2,(H,18,20);1H. The van der Waals surface area contributed by atoms with Gasteiger partial charge < -0.3 is 20.2 Å². The van der Waals surface area contributed by atoms with Gasteiger partial charge >= 0.3 is 0 Å². The summed E-state index contributed by atoms with van der Waals surface area (Å²) in [6, 6.07) is 9.62. The average Bonchev–Trinajstić information content (AvgIpc) is 3.03. The molecule has 23 heavy (non-hydrogen) atoms. The van der Waals surface area contributed by atoms with Crippen LogP contribution >= 0.6 is 12.4 Å². The van der Waals surface area contributed by atoms with Crippen molar-refractivity contribution in [2.45, 2.75) is 24.9 Å². The van der Waals surface area contributed by atoms with Crippen molar-refractivity contribution in [3.8, 4) is 11.5 Å². The number of carbonyl (C=O) groups is 1. The molecule has 1 aromatic carbocycles. The predicted molar refractivity (Wildman–Crippen MR) is 88.0 cm³/mol. The lowest BCUT2D eigenvalue weighted by molar-refractivity contribution is -0.129. The number of halogens is 1. The Kier molecular flexibility index (Phi) is 5.76. The number of benzene rings is 1. The molecule has 0 unspecified atom stereocenters. The maximum atomic E-state index is 12.2. The van der Waals surface area contributed by atoms with Gasteiger partial charge in [0.15, 0.2) is 0 Å². The molecule has 124 valence electrons. The van der Waals surface area contributed by atoms with E-state index in [0.29, 0.717) is 44.2 Å². The zero-order valence-electron chi connectivity index (χ0n) is 12.7. The second-order valence-corrected chi connectivity index (χ2v) is 5.46. The number of carbonyl (C=O) groups excluding carboxylic acids is 1. The highest BCUT2D eigenvalue weighted by Crippen LogP contribution is 2.19. The highest BCUT2D eigenvalue weighted by Gasteiger charge is 2.35. The highest BCUT2D eigenvalue weighted by molar-refractivity contribution is 5.86. The van der Waals surface area contributed by atoms with Crippen LogP contribution < -0.4 is 11.1 Å². The van der Waals surface area contributed by atoms with Crippen LogP contribution in [0.2, 0.25) is 0 Å². The van der Waals surface area contributed by atoms with Crippen molar-refractivity contribution < 1.29 is 13.9 Å². The van der Waals surface area contributed by atoms with Gasteiger partial charge in [-0.3, -0.25) is 4.79 Å². The molecule has 1 fully saturated rings. The molecule has 1 amide bonds. The second kappa shape index (κ2) is 7.59. The largest absolute Gasteiger partial charge is 0.444 e. The van der Waals surface area contributed by atoms with E-state index in [1.54, 1.807) is 6.26 Å². The molecule has 3 rings (SSSR count). The molecule has 0 spiro atoms. The van der Waals surface area contributed by atoms with E-state index < -0.39 is 5.54 Å². The first kappa shape index (κ1) is 17.5. The SMILES string of the molecule is Cl.NC1(C(=O)NCc2coc(-c3ccccc3)n2)CCOCC1. The minimum atomic E-state index is -0.843. The number of rotatable bonds is 4. The fraction of sp³-hybridized carbons (Fsp3) is 0.375. The van der Waals surface area contributed by atoms with Crippen LogP contribution in [0.4, 0.5) is 0 Å². The Hall–Kier alpha value is -1.89. The summed E-state index contributed by atoms with van der Waals surface area (Å²) in [7, 11) is 0. The monoisotopic (exact) mass is 337 g/mol. The van der Waals surface area contributed by atoms with Crippen molar-refractivity contribution in [1.29, 1.82) is 0 Å². The second-order valence-electron chi connectivity index (χ2n) is 5.46. The van der Waals surface area contributed by atoms with Crippen molar-refractivity contribution >= 4 is 18.3 Å². The maximum Gasteiger partial charge on any atom is 0.240 e. The summed E-state index contributed by atoms with van der Waals surface area (Å²) >= 11 is 0. The Morgan fingerprint density at radius 3 is 2.65 bits per heavy atom. The number of amides is 1. The van der Waals surface area contributed by atoms with Gasteiger partial charge in [0.05, 0.1) is 17.8 Å². The molecule has 6 nitrogen and oxygen atoms in total. The van der Waals surface area contributed by atoms with Gasteiger partial charge in [0.25, 0.3) is 0 Å². The summed E-state index contributed by atoms with van der Waals surface area (Å²) in [6.07, 6.45) is 2.62. The Balaban J connectivity index is 0.00000192. The van der Waals surface area contributed by atoms with Crippen LogP contribution in [0.5, 0.6) is 0 Å². The number of oxazole rings is 1. The van der Waals surface area contributed by atoms with E-state index in [2.05, 4.69) is 10.3 Å². The molecule has 0 saturated carbocycles. The highest BCUT2D eigenvalue weighted by atomic mass is 35.5. The molecule has 2 heterocycles. The summed E-state index contributed by atoms with van der Waals surface area (Å²) in [6.45, 7) is 1.34. The van der Waals surface area contributed by atoms with Crippen molar-refractivity contribution in [3.05, 3.63) is 42.3 Å². The zero-order valence-corrected chi connectivity index (χ0v) is 13.5. The summed E-state index contributed by atoms with van der Waals surface area (Å²) in [4.78, 5) is 16.6. The molecular weight excluding hydrogens is 318 g/mol. The Morgan fingerprint density at radius 2 is 1.96 bits per heavy atom. The normalized spacial score (nSPS) is 16.4. The van der Waals surface area contributed by atoms with E-state index in [9.17, 15) is 4.79 Å². The van der Waals surface area contributed by atoms with Crippen LogP contribution in [0.1, 0.15) is 18.5 Å². The molecule has 0 atom stereocenters. The van der Waals surface area contributed by atoms with Crippen LogP contribution in [0.25, 0.3) is 11.5 Å². The van der Waals surface area contributed by atoms with Crippen molar-refractivity contribution in [2.24, 2.45) is 5.73 Å². The first-order valence-corrected chi connectivity index (χ1v) is 7.32. The van der Waals surface area contributed by atoms with Gasteiger partial charge in [0.1, 0.15) is 6.26 Å². The Morgan fingerprint density at radius 1 is 1.26 bits per heavy atom. The number of nitrogens with zero attached hydrogens (tertiary/aromatic N) is 1. The third-order valence-corrected chi connectivity index (χ3v) is 3.84. The van der Waals surface area contributed by atoms with Crippen molar-refractivity contribution in [3.63, 3.8) is 0 Å². The van der Waals surface area contributed by atoms with E-state index in [4.69, 9.17) is 14.9 Å². The quantitative estimate of drug-likeness (QED) is 0.889. The van der Waals surface area contributed by atoms with Crippen LogP contribution in [-0.2, 0) is 16.1 Å². The molecular formula is C16H20ClN3O3. The van der Waals surface area contributed by atoms with Crippen LogP contribution in [0, 0.1) is 0 Å². The Labute approximate surface area is 140 Å². The lowest BCUT2D eigenvalue weighted by Crippen LogP contribution is -2.56. The molecule has 0 bridgehead atoms. The van der Waals surface area contributed by atoms with E-state index in [1.165, 1.54) is 0 Å². The minimum absolute atomic E-state index is 0. The van der Waals surface area contributed by atoms with Crippen molar-refractivity contribution in [2.75, 3.05) is 13.2 Å². The third kappa shape index (κ3) is 4.10. The molecule has 1 aliphatic heterocycles. The fourth-order valence-corrected chi connectivity index (χ4v) is 2.41. The van der Waals surface area contributed by atoms with Crippen LogP contribution in [0.3, 0.4) is 0 Å². The fourth-order valence-electron chi connectivity index (χ4n) is 2.41. The first-order valence-electron chi connectivity index (χ1n) is 7.32. The summed E-state index contributed by atoms with van der Waals surface area (Å²) < 4.78 is 10.7. The number of nitrogens with one attached hydrogen (secondary N) is 1. The minimum Gasteiger partial charge on any atom is -0.444 e. The maximum absolute atomic E-state index is 12.2. The summed E-state index contributed by atoms with van der Waals surface area (Å²) in [5.41, 5.74) is 6.86. The summed E-state index contributed by atoms with van der Waals surface area (Å²) in [5, 5.41) is 2.83. The molecule has 1 saturated heterocycles. The van der Waals surface area contributed by atoms with E-state index in [-0.39, 0.29) is 18.3 Å². The van der Waals surface area contributed by atoms with Gasteiger partial charge in [0.2, 0.25) is 11.8 Å². The molecule has 3 N–H and O–H groups in total. The number of hydrogen-bond acceptors (Lipinski definition) is 5. The van der Waals surface area contributed by atoms with Gasteiger partial charge in [-0.2, -0.15) is 0 Å². The number of ether oxygens (including phenoxy) is 1. The van der Waals surface area contributed by atoms with Gasteiger partial charge in [-0.05, 0) is 25.0 Å². The van der Waals surface area contributed by atoms with Gasteiger partial charge in [-0.25, -0.2) is 4.98 Å². The van der Waals surface area contributed by atoms with Crippen LogP contribution in [-0.4, -0.2) is 29.6 Å². The molecule has 1 aromatic heterocycles. The first-order chi connectivity index (χ1) is 10.7. The van der Waals surface area contributed by atoms with Crippen molar-refractivity contribution in [1.82, 2.24) is 10.3 Å². The van der Waals surface area contributed by atoms with Gasteiger partial charge in [-0.1, -0.05) is 18.2 Å². The molecule has 0 radical (unpaired) electrons. The molecule has 1 aliphatic rings. The predicted octanol–water partition coefficient (Wildman–Crippen LogP) is 1.89. The zero-order chi connectivity index (χ0) is 15.4. The third-order valence-electron chi connectivity index (χ3n) is 3.84. The smallest absolute Gasteiger partial charge is 0.240 e. The lowest BCUT2D eigenvalue weighted by Gasteiger charge is -2.31. The van der Waals surface area contributed by atoms with Gasteiger partial charge in [-0.15, -0.1) is 12.4 Å². The summed E-state index contributed by atoms with van der Waals surface area (Å²) in [5.74, 6) is 0.374. The average molecular weight is 338 g/mol. The van der Waals surface area contributed by atoms with E-state index >= 15 is 0 Å². The van der Waals surface area contributed by atoms with Gasteiger partial charge in [0, 0.05) is 18.8 Å². The van der Waals surface area contributed by atoms with E-state index in [1.807, 2.05) is 30.3 Å². The lowest BCUT2D eigenvalue weighted by atomic mass is 9.90. The Bertz CT molecular complexity index is 639. The molecule has 7 heteroatoms. The molecule has 2 aromatic rings.